The highest BCUT2D eigenvalue weighted by atomic mass is 35.5. The molecule has 0 aromatic heterocycles. The van der Waals surface area contributed by atoms with Gasteiger partial charge in [-0.05, 0) is 12.8 Å². The van der Waals surface area contributed by atoms with Crippen molar-refractivity contribution in [1.29, 1.82) is 0 Å². The first-order chi connectivity index (χ1) is 4.27. The van der Waals surface area contributed by atoms with Gasteiger partial charge in [-0.25, -0.2) is 5.11 Å². The molecule has 2 heteroatoms. The molecule has 0 saturated carbocycles. The molecule has 1 radical (unpaired) electrons. The minimum absolute atomic E-state index is 0.627. The molecule has 1 atom stereocenters. The van der Waals surface area contributed by atoms with E-state index in [1.807, 2.05) is 0 Å². The van der Waals surface area contributed by atoms with E-state index in [4.69, 9.17) is 11.6 Å². The Balaban J connectivity index is 2.75. The predicted molar refractivity (Wildman–Crippen MR) is 39.1 cm³/mol. The van der Waals surface area contributed by atoms with Gasteiger partial charge < -0.3 is 0 Å². The number of unbranched alkanes of at least 4 members (excludes halogenated alkanes) is 3. The number of alkyl halides is 1. The standard InChI is InChI=1S/C7H14ClO/c1-2-3-4-5-6-7(8)9/h7H,2-6H2,1H3. The van der Waals surface area contributed by atoms with E-state index in [-0.39, 0.29) is 0 Å². The van der Waals surface area contributed by atoms with Crippen LogP contribution in [-0.4, -0.2) is 5.56 Å². The average molecular weight is 150 g/mol. The third kappa shape index (κ3) is 8.25. The Hall–Kier alpha value is 0.250. The van der Waals surface area contributed by atoms with Crippen LogP contribution in [0.1, 0.15) is 39.0 Å². The van der Waals surface area contributed by atoms with Gasteiger partial charge in [-0.2, -0.15) is 0 Å². The summed E-state index contributed by atoms with van der Waals surface area (Å²) in [6, 6.07) is 0. The predicted octanol–water partition coefficient (Wildman–Crippen LogP) is 2.95. The third-order valence-corrected chi connectivity index (χ3v) is 1.50. The van der Waals surface area contributed by atoms with E-state index in [2.05, 4.69) is 6.92 Å². The van der Waals surface area contributed by atoms with E-state index < -0.39 is 5.56 Å². The second-order valence-electron chi connectivity index (χ2n) is 2.26. The topological polar surface area (TPSA) is 19.9 Å². The number of hydrogen-bond donors (Lipinski definition) is 0. The molecule has 0 bridgehead atoms. The van der Waals surface area contributed by atoms with Gasteiger partial charge in [0.2, 0.25) is 0 Å². The van der Waals surface area contributed by atoms with Crippen LogP contribution in [0.5, 0.6) is 0 Å². The molecule has 9 heavy (non-hydrogen) atoms. The Morgan fingerprint density at radius 2 is 2.00 bits per heavy atom. The van der Waals surface area contributed by atoms with Crippen molar-refractivity contribution in [3.63, 3.8) is 0 Å². The Labute approximate surface area is 62.0 Å². The fourth-order valence-electron chi connectivity index (χ4n) is 0.732. The normalized spacial score (nSPS) is 13.7. The zero-order chi connectivity index (χ0) is 7.11. The van der Waals surface area contributed by atoms with Gasteiger partial charge in [0.05, 0.1) is 0 Å². The maximum Gasteiger partial charge on any atom is 0.166 e. The van der Waals surface area contributed by atoms with E-state index in [0.29, 0.717) is 6.42 Å². The van der Waals surface area contributed by atoms with E-state index in [1.165, 1.54) is 12.8 Å². The van der Waals surface area contributed by atoms with Gasteiger partial charge in [-0.15, -0.1) is 0 Å². The van der Waals surface area contributed by atoms with E-state index >= 15 is 0 Å². The van der Waals surface area contributed by atoms with Crippen LogP contribution < -0.4 is 0 Å². The molecule has 1 unspecified atom stereocenters. The molecule has 0 aliphatic carbocycles. The van der Waals surface area contributed by atoms with Crippen molar-refractivity contribution < 1.29 is 5.11 Å². The summed E-state index contributed by atoms with van der Waals surface area (Å²) >= 11 is 5.20. The van der Waals surface area contributed by atoms with Gasteiger partial charge in [-0.3, -0.25) is 0 Å². The summed E-state index contributed by atoms with van der Waals surface area (Å²) in [7, 11) is 0. The van der Waals surface area contributed by atoms with Crippen LogP contribution in [0.2, 0.25) is 0 Å². The Morgan fingerprint density at radius 3 is 2.44 bits per heavy atom. The van der Waals surface area contributed by atoms with E-state index in [1.54, 1.807) is 0 Å². The lowest BCUT2D eigenvalue weighted by atomic mass is 10.2. The first-order valence-electron chi connectivity index (χ1n) is 3.57. The lowest BCUT2D eigenvalue weighted by Gasteiger charge is -1.97. The van der Waals surface area contributed by atoms with E-state index in [9.17, 15) is 5.11 Å². The highest BCUT2D eigenvalue weighted by Gasteiger charge is 1.97. The van der Waals surface area contributed by atoms with Crippen molar-refractivity contribution >= 4 is 11.6 Å². The zero-order valence-corrected chi connectivity index (χ0v) is 6.66. The smallest absolute Gasteiger partial charge is 0.166 e. The SMILES string of the molecule is CCCCCCC([O])Cl. The molecule has 0 fully saturated rings. The maximum atomic E-state index is 10.3. The number of hydrogen-bond acceptors (Lipinski definition) is 0. The summed E-state index contributed by atoms with van der Waals surface area (Å²) in [6.45, 7) is 2.15. The van der Waals surface area contributed by atoms with Gasteiger partial charge >= 0.3 is 0 Å². The van der Waals surface area contributed by atoms with Crippen LogP contribution in [-0.2, 0) is 5.11 Å². The minimum Gasteiger partial charge on any atom is -0.216 e. The Bertz CT molecular complexity index is 54.9. The Kier molecular flexibility index (Phi) is 6.55. The van der Waals surface area contributed by atoms with Gasteiger partial charge in [0.1, 0.15) is 0 Å². The third-order valence-electron chi connectivity index (χ3n) is 1.28. The molecular formula is C7H14ClO. The maximum absolute atomic E-state index is 10.3. The molecular weight excluding hydrogens is 136 g/mol. The van der Waals surface area contributed by atoms with Crippen LogP contribution >= 0.6 is 11.6 Å². The largest absolute Gasteiger partial charge is 0.216 e. The van der Waals surface area contributed by atoms with Crippen molar-refractivity contribution in [2.24, 2.45) is 0 Å². The second-order valence-corrected chi connectivity index (χ2v) is 2.75. The van der Waals surface area contributed by atoms with Crippen LogP contribution in [0.3, 0.4) is 0 Å². The molecule has 55 valence electrons. The molecule has 0 aliphatic rings. The fraction of sp³-hybridized carbons (Fsp3) is 1.00. The van der Waals surface area contributed by atoms with Gasteiger partial charge in [0.15, 0.2) is 5.56 Å². The molecule has 0 amide bonds. The van der Waals surface area contributed by atoms with Crippen molar-refractivity contribution in [3.8, 4) is 0 Å². The molecule has 1 nitrogen and oxygen atoms in total. The molecule has 0 aromatic rings. The van der Waals surface area contributed by atoms with Crippen LogP contribution in [0, 0.1) is 0 Å². The lowest BCUT2D eigenvalue weighted by Crippen LogP contribution is -1.91. The zero-order valence-electron chi connectivity index (χ0n) is 5.90. The quantitative estimate of drug-likeness (QED) is 0.423. The summed E-state index contributed by atoms with van der Waals surface area (Å²) in [4.78, 5) is 0. The summed E-state index contributed by atoms with van der Waals surface area (Å²) in [5.74, 6) is 0. The van der Waals surface area contributed by atoms with Gasteiger partial charge in [0, 0.05) is 0 Å². The number of halogens is 1. The molecule has 0 rings (SSSR count). The first kappa shape index (κ1) is 9.25. The van der Waals surface area contributed by atoms with Gasteiger partial charge in [0.25, 0.3) is 0 Å². The molecule has 0 spiro atoms. The fourth-order valence-corrected chi connectivity index (χ4v) is 0.886. The monoisotopic (exact) mass is 149 g/mol. The van der Waals surface area contributed by atoms with Crippen molar-refractivity contribution in [2.75, 3.05) is 0 Å². The second kappa shape index (κ2) is 6.37. The highest BCUT2D eigenvalue weighted by Crippen LogP contribution is 2.07. The summed E-state index contributed by atoms with van der Waals surface area (Å²) in [5, 5.41) is 10.3. The van der Waals surface area contributed by atoms with Crippen LogP contribution in [0.15, 0.2) is 0 Å². The Morgan fingerprint density at radius 1 is 1.33 bits per heavy atom. The number of rotatable bonds is 5. The molecule has 0 heterocycles. The summed E-state index contributed by atoms with van der Waals surface area (Å²) < 4.78 is 0. The molecule has 0 saturated heterocycles. The van der Waals surface area contributed by atoms with E-state index in [0.717, 1.165) is 12.8 Å². The van der Waals surface area contributed by atoms with Crippen molar-refractivity contribution in [1.82, 2.24) is 0 Å². The highest BCUT2D eigenvalue weighted by molar-refractivity contribution is 6.19. The molecule has 0 N–H and O–H groups in total. The van der Waals surface area contributed by atoms with Crippen LogP contribution in [0.25, 0.3) is 0 Å². The summed E-state index contributed by atoms with van der Waals surface area (Å²) in [6.07, 6.45) is 5.21. The van der Waals surface area contributed by atoms with Gasteiger partial charge in [-0.1, -0.05) is 37.8 Å². The summed E-state index contributed by atoms with van der Waals surface area (Å²) in [5.41, 5.74) is -0.873. The van der Waals surface area contributed by atoms with Crippen LogP contribution in [0.4, 0.5) is 0 Å². The first-order valence-corrected chi connectivity index (χ1v) is 4.01. The molecule has 0 aromatic carbocycles. The lowest BCUT2D eigenvalue weighted by molar-refractivity contribution is 0.148. The van der Waals surface area contributed by atoms with Crippen molar-refractivity contribution in [2.45, 2.75) is 44.6 Å². The van der Waals surface area contributed by atoms with Crippen molar-refractivity contribution in [3.05, 3.63) is 0 Å². The average Bonchev–Trinajstić information content (AvgIpc) is 1.80. The molecule has 0 aliphatic heterocycles. The minimum atomic E-state index is -0.873.